The van der Waals surface area contributed by atoms with Crippen LogP contribution in [0.4, 0.5) is 4.39 Å². The van der Waals surface area contributed by atoms with Crippen molar-refractivity contribution in [2.24, 2.45) is 0 Å². The van der Waals surface area contributed by atoms with Crippen molar-refractivity contribution in [3.63, 3.8) is 0 Å². The summed E-state index contributed by atoms with van der Waals surface area (Å²) >= 11 is 5.42. The van der Waals surface area contributed by atoms with Gasteiger partial charge in [-0.05, 0) is 65.1 Å². The molecular weight excluding hydrogens is 398 g/mol. The molecule has 0 radical (unpaired) electrons. The van der Waals surface area contributed by atoms with Crippen LogP contribution in [0.5, 0.6) is 0 Å². The maximum Gasteiger partial charge on any atom is 0.194 e. The van der Waals surface area contributed by atoms with Gasteiger partial charge in [0.05, 0.1) is 0 Å². The van der Waals surface area contributed by atoms with Crippen LogP contribution in [0.1, 0.15) is 15.9 Å². The number of ketones is 1. The van der Waals surface area contributed by atoms with Gasteiger partial charge in [0.2, 0.25) is 0 Å². The van der Waals surface area contributed by atoms with Crippen molar-refractivity contribution in [2.75, 3.05) is 0 Å². The smallest absolute Gasteiger partial charge is 0.194 e. The van der Waals surface area contributed by atoms with Gasteiger partial charge < -0.3 is 0 Å². The first-order valence-corrected chi connectivity index (χ1v) is 6.70. The highest BCUT2D eigenvalue weighted by Crippen LogP contribution is 2.21. The van der Waals surface area contributed by atoms with Crippen molar-refractivity contribution in [2.45, 2.75) is 0 Å². The Bertz CT molecular complexity index is 566. The predicted octanol–water partition coefficient (Wildman–Crippen LogP) is 4.42. The van der Waals surface area contributed by atoms with Crippen LogP contribution < -0.4 is 0 Å². The molecule has 0 bridgehead atoms. The average molecular weight is 405 g/mol. The van der Waals surface area contributed by atoms with Crippen LogP contribution in [-0.2, 0) is 0 Å². The number of rotatable bonds is 2. The number of benzene rings is 2. The maximum atomic E-state index is 13.1. The molecule has 4 heteroatoms. The van der Waals surface area contributed by atoms with Crippen molar-refractivity contribution in [3.8, 4) is 0 Å². The van der Waals surface area contributed by atoms with Gasteiger partial charge in [0.25, 0.3) is 0 Å². The quantitative estimate of drug-likeness (QED) is 0.534. The summed E-state index contributed by atoms with van der Waals surface area (Å²) in [4.78, 5) is 12.1. The van der Waals surface area contributed by atoms with E-state index in [2.05, 4.69) is 38.5 Å². The van der Waals surface area contributed by atoms with Gasteiger partial charge in [0.1, 0.15) is 5.82 Å². The number of carbonyl (C=O) groups is 1. The number of carbonyl (C=O) groups excluding carboxylic acids is 1. The van der Waals surface area contributed by atoms with E-state index in [1.54, 1.807) is 12.1 Å². The van der Waals surface area contributed by atoms with Gasteiger partial charge in [-0.1, -0.05) is 15.9 Å². The lowest BCUT2D eigenvalue weighted by molar-refractivity contribution is 0.103. The van der Waals surface area contributed by atoms with E-state index in [1.165, 1.54) is 18.2 Å². The standard InChI is InChI=1S/C13H7BrFIO/c14-12-6-3-9(15)7-11(12)13(17)8-1-4-10(16)5-2-8/h1-7H. The van der Waals surface area contributed by atoms with Gasteiger partial charge >= 0.3 is 0 Å². The Balaban J connectivity index is 2.43. The Morgan fingerprint density at radius 3 is 2.41 bits per heavy atom. The molecule has 2 rings (SSSR count). The van der Waals surface area contributed by atoms with Gasteiger partial charge in [-0.25, -0.2) is 4.39 Å². The van der Waals surface area contributed by atoms with Gasteiger partial charge in [0.15, 0.2) is 5.78 Å². The summed E-state index contributed by atoms with van der Waals surface area (Å²) in [6.45, 7) is 0. The zero-order chi connectivity index (χ0) is 12.4. The highest BCUT2D eigenvalue weighted by atomic mass is 127. The summed E-state index contributed by atoms with van der Waals surface area (Å²) in [5.74, 6) is -0.602. The highest BCUT2D eigenvalue weighted by Gasteiger charge is 2.13. The molecular formula is C13H7BrFIO. The largest absolute Gasteiger partial charge is 0.289 e. The maximum absolute atomic E-state index is 13.1. The molecule has 2 aromatic rings. The molecule has 0 N–H and O–H groups in total. The molecule has 0 heterocycles. The van der Waals surface area contributed by atoms with E-state index in [9.17, 15) is 9.18 Å². The van der Waals surface area contributed by atoms with Crippen molar-refractivity contribution < 1.29 is 9.18 Å². The normalized spacial score (nSPS) is 10.3. The monoisotopic (exact) mass is 404 g/mol. The Kier molecular flexibility index (Phi) is 3.93. The lowest BCUT2D eigenvalue weighted by Gasteiger charge is -2.04. The van der Waals surface area contributed by atoms with Crippen LogP contribution in [0.15, 0.2) is 46.9 Å². The molecule has 0 aromatic heterocycles. The zero-order valence-electron chi connectivity index (χ0n) is 8.58. The molecule has 0 saturated carbocycles. The van der Waals surface area contributed by atoms with E-state index >= 15 is 0 Å². The molecule has 0 unspecified atom stereocenters. The predicted molar refractivity (Wildman–Crippen MR) is 76.7 cm³/mol. The van der Waals surface area contributed by atoms with E-state index in [0.29, 0.717) is 15.6 Å². The van der Waals surface area contributed by atoms with Crippen LogP contribution in [-0.4, -0.2) is 5.78 Å². The van der Waals surface area contributed by atoms with Gasteiger partial charge in [-0.2, -0.15) is 0 Å². The summed E-state index contributed by atoms with van der Waals surface area (Å²) in [6, 6.07) is 11.3. The second kappa shape index (κ2) is 5.27. The molecule has 0 aliphatic heterocycles. The average Bonchev–Trinajstić information content (AvgIpc) is 2.32. The fraction of sp³-hybridized carbons (Fsp3) is 0. The third kappa shape index (κ3) is 2.93. The van der Waals surface area contributed by atoms with Crippen LogP contribution in [0, 0.1) is 9.39 Å². The van der Waals surface area contributed by atoms with E-state index in [-0.39, 0.29) is 5.78 Å². The zero-order valence-corrected chi connectivity index (χ0v) is 12.3. The van der Waals surface area contributed by atoms with Crippen molar-refractivity contribution >= 4 is 44.3 Å². The first-order valence-electron chi connectivity index (χ1n) is 4.83. The highest BCUT2D eigenvalue weighted by molar-refractivity contribution is 14.1. The fourth-order valence-electron chi connectivity index (χ4n) is 1.43. The molecule has 0 saturated heterocycles. The Hall–Kier alpha value is -0.750. The SMILES string of the molecule is O=C(c1ccc(I)cc1)c1cc(F)ccc1Br. The summed E-state index contributed by atoms with van der Waals surface area (Å²) in [6.07, 6.45) is 0. The molecule has 86 valence electrons. The number of hydrogen-bond donors (Lipinski definition) is 0. The lowest BCUT2D eigenvalue weighted by atomic mass is 10.0. The minimum Gasteiger partial charge on any atom is -0.289 e. The number of halogens is 3. The molecule has 0 aliphatic carbocycles. The van der Waals surface area contributed by atoms with Gasteiger partial charge in [0, 0.05) is 19.2 Å². The third-order valence-corrected chi connectivity index (χ3v) is 3.69. The molecule has 0 fully saturated rings. The van der Waals surface area contributed by atoms with Crippen molar-refractivity contribution in [1.29, 1.82) is 0 Å². The summed E-state index contributed by atoms with van der Waals surface area (Å²) in [7, 11) is 0. The fourth-order valence-corrected chi connectivity index (χ4v) is 2.21. The van der Waals surface area contributed by atoms with Crippen molar-refractivity contribution in [3.05, 3.63) is 67.5 Å². The topological polar surface area (TPSA) is 17.1 Å². The minimum atomic E-state index is -0.415. The molecule has 0 spiro atoms. The summed E-state index contributed by atoms with van der Waals surface area (Å²) in [5, 5.41) is 0. The molecule has 1 nitrogen and oxygen atoms in total. The van der Waals surface area contributed by atoms with Crippen LogP contribution in [0.2, 0.25) is 0 Å². The summed E-state index contributed by atoms with van der Waals surface area (Å²) in [5.41, 5.74) is 0.892. The second-order valence-corrected chi connectivity index (χ2v) is 5.56. The third-order valence-electron chi connectivity index (χ3n) is 2.28. The molecule has 0 amide bonds. The second-order valence-electron chi connectivity index (χ2n) is 3.46. The molecule has 17 heavy (non-hydrogen) atoms. The first kappa shape index (κ1) is 12.7. The Labute approximate surface area is 120 Å². The van der Waals surface area contributed by atoms with Gasteiger partial charge in [-0.15, -0.1) is 0 Å². The molecule has 0 atom stereocenters. The first-order chi connectivity index (χ1) is 8.08. The van der Waals surface area contributed by atoms with Crippen molar-refractivity contribution in [1.82, 2.24) is 0 Å². The Morgan fingerprint density at radius 2 is 1.76 bits per heavy atom. The molecule has 2 aromatic carbocycles. The minimum absolute atomic E-state index is 0.187. The van der Waals surface area contributed by atoms with Gasteiger partial charge in [-0.3, -0.25) is 4.79 Å². The van der Waals surface area contributed by atoms with E-state index in [0.717, 1.165) is 3.57 Å². The van der Waals surface area contributed by atoms with E-state index in [4.69, 9.17) is 0 Å². The van der Waals surface area contributed by atoms with E-state index in [1.807, 2.05) is 12.1 Å². The number of hydrogen-bond acceptors (Lipinski definition) is 1. The van der Waals surface area contributed by atoms with E-state index < -0.39 is 5.82 Å². The molecule has 0 aliphatic rings. The summed E-state index contributed by atoms with van der Waals surface area (Å²) < 4.78 is 14.8. The van der Waals surface area contributed by atoms with Crippen LogP contribution in [0.25, 0.3) is 0 Å². The van der Waals surface area contributed by atoms with Crippen LogP contribution >= 0.6 is 38.5 Å². The Morgan fingerprint density at radius 1 is 1.12 bits per heavy atom. The lowest BCUT2D eigenvalue weighted by Crippen LogP contribution is -2.02. The van der Waals surface area contributed by atoms with Crippen LogP contribution in [0.3, 0.4) is 0 Å².